The topological polar surface area (TPSA) is 24.5 Å². The lowest BCUT2D eigenvalue weighted by Crippen LogP contribution is -2.37. The Kier molecular flexibility index (Phi) is 3.74. The Morgan fingerprint density at radius 1 is 1.38 bits per heavy atom. The van der Waals surface area contributed by atoms with Crippen LogP contribution in [0.3, 0.4) is 0 Å². The first-order valence-electron chi connectivity index (χ1n) is 5.57. The number of halogens is 1. The maximum atomic E-state index is 13.2. The number of hydrogen-bond donors (Lipinski definition) is 1. The van der Waals surface area contributed by atoms with Gasteiger partial charge in [0.05, 0.1) is 13.2 Å². The summed E-state index contributed by atoms with van der Waals surface area (Å²) in [4.78, 5) is 2.25. The number of nitrogens with one attached hydrogen (secondary N) is 1. The van der Waals surface area contributed by atoms with Gasteiger partial charge in [-0.1, -0.05) is 0 Å². The van der Waals surface area contributed by atoms with Crippen molar-refractivity contribution in [1.82, 2.24) is 5.32 Å². The van der Waals surface area contributed by atoms with Crippen molar-refractivity contribution in [2.45, 2.75) is 6.54 Å². The minimum absolute atomic E-state index is 0.178. The normalized spacial score (nSPS) is 16.5. The van der Waals surface area contributed by atoms with E-state index in [1.807, 2.05) is 13.1 Å². The van der Waals surface area contributed by atoms with Crippen molar-refractivity contribution in [3.8, 4) is 0 Å². The van der Waals surface area contributed by atoms with Crippen LogP contribution in [0.4, 0.5) is 10.1 Å². The molecule has 1 aliphatic rings. The molecule has 1 aliphatic heterocycles. The predicted octanol–water partition coefficient (Wildman–Crippen LogP) is 1.38. The summed E-state index contributed by atoms with van der Waals surface area (Å²) in [6.45, 7) is 3.93. The summed E-state index contributed by atoms with van der Waals surface area (Å²) < 4.78 is 18.5. The van der Waals surface area contributed by atoms with Gasteiger partial charge in [0.1, 0.15) is 5.82 Å². The zero-order chi connectivity index (χ0) is 11.4. The molecule has 1 N–H and O–H groups in total. The van der Waals surface area contributed by atoms with E-state index in [-0.39, 0.29) is 5.82 Å². The monoisotopic (exact) mass is 224 g/mol. The first-order valence-corrected chi connectivity index (χ1v) is 5.57. The summed E-state index contributed by atoms with van der Waals surface area (Å²) in [7, 11) is 1.87. The van der Waals surface area contributed by atoms with Gasteiger partial charge in [0, 0.05) is 25.3 Å². The second-order valence-electron chi connectivity index (χ2n) is 3.90. The Morgan fingerprint density at radius 3 is 2.81 bits per heavy atom. The van der Waals surface area contributed by atoms with Crippen molar-refractivity contribution in [2.24, 2.45) is 0 Å². The third-order valence-corrected chi connectivity index (χ3v) is 2.76. The quantitative estimate of drug-likeness (QED) is 0.839. The van der Waals surface area contributed by atoms with Gasteiger partial charge in [-0.2, -0.15) is 0 Å². The van der Waals surface area contributed by atoms with Crippen LogP contribution < -0.4 is 10.2 Å². The van der Waals surface area contributed by atoms with Crippen molar-refractivity contribution in [1.29, 1.82) is 0 Å². The van der Waals surface area contributed by atoms with Gasteiger partial charge in [-0.3, -0.25) is 0 Å². The van der Waals surface area contributed by atoms with Gasteiger partial charge in [-0.05, 0) is 30.8 Å². The van der Waals surface area contributed by atoms with Crippen molar-refractivity contribution in [2.75, 3.05) is 38.3 Å². The number of nitrogens with zero attached hydrogens (tertiary/aromatic N) is 1. The molecule has 1 aromatic rings. The maximum absolute atomic E-state index is 13.2. The molecule has 0 amide bonds. The fraction of sp³-hybridized carbons (Fsp3) is 0.500. The van der Waals surface area contributed by atoms with Crippen LogP contribution in [0.1, 0.15) is 5.56 Å². The SMILES string of the molecule is CNCc1cc(F)ccc1N1CCOCC1. The molecule has 0 saturated carbocycles. The predicted molar refractivity (Wildman–Crippen MR) is 62.2 cm³/mol. The molecule has 0 aromatic heterocycles. The Morgan fingerprint density at radius 2 is 2.12 bits per heavy atom. The third-order valence-electron chi connectivity index (χ3n) is 2.76. The fourth-order valence-electron chi connectivity index (χ4n) is 2.00. The number of anilines is 1. The zero-order valence-electron chi connectivity index (χ0n) is 9.50. The first kappa shape index (κ1) is 11.4. The van der Waals surface area contributed by atoms with Crippen molar-refractivity contribution >= 4 is 5.69 Å². The van der Waals surface area contributed by atoms with E-state index < -0.39 is 0 Å². The second kappa shape index (κ2) is 5.27. The third kappa shape index (κ3) is 2.51. The highest BCUT2D eigenvalue weighted by atomic mass is 19.1. The molecule has 1 fully saturated rings. The van der Waals surface area contributed by atoms with Crippen molar-refractivity contribution in [3.05, 3.63) is 29.6 Å². The van der Waals surface area contributed by atoms with Gasteiger partial charge < -0.3 is 15.0 Å². The molecule has 88 valence electrons. The summed E-state index contributed by atoms with van der Waals surface area (Å²) in [6, 6.07) is 4.97. The molecule has 0 unspecified atom stereocenters. The van der Waals surface area contributed by atoms with Gasteiger partial charge in [0.15, 0.2) is 0 Å². The van der Waals surface area contributed by atoms with E-state index in [0.29, 0.717) is 6.54 Å². The minimum atomic E-state index is -0.178. The highest BCUT2D eigenvalue weighted by molar-refractivity contribution is 5.54. The molecule has 1 saturated heterocycles. The largest absolute Gasteiger partial charge is 0.378 e. The van der Waals surface area contributed by atoms with E-state index in [2.05, 4.69) is 10.2 Å². The number of ether oxygens (including phenoxy) is 1. The molecule has 2 rings (SSSR count). The van der Waals surface area contributed by atoms with E-state index in [1.165, 1.54) is 6.07 Å². The van der Waals surface area contributed by atoms with Crippen LogP contribution in [0.25, 0.3) is 0 Å². The van der Waals surface area contributed by atoms with Gasteiger partial charge in [0.25, 0.3) is 0 Å². The number of morpholine rings is 1. The highest BCUT2D eigenvalue weighted by Gasteiger charge is 2.14. The zero-order valence-corrected chi connectivity index (χ0v) is 9.50. The Balaban J connectivity index is 2.23. The van der Waals surface area contributed by atoms with E-state index in [4.69, 9.17) is 4.74 Å². The van der Waals surface area contributed by atoms with Crippen LogP contribution in [0, 0.1) is 5.82 Å². The van der Waals surface area contributed by atoms with Crippen LogP contribution >= 0.6 is 0 Å². The average Bonchev–Trinajstić information content (AvgIpc) is 2.31. The smallest absolute Gasteiger partial charge is 0.123 e. The fourth-order valence-corrected chi connectivity index (χ4v) is 2.00. The number of rotatable bonds is 3. The van der Waals surface area contributed by atoms with E-state index in [9.17, 15) is 4.39 Å². The van der Waals surface area contributed by atoms with Gasteiger partial charge >= 0.3 is 0 Å². The van der Waals surface area contributed by atoms with Crippen LogP contribution in [-0.2, 0) is 11.3 Å². The highest BCUT2D eigenvalue weighted by Crippen LogP contribution is 2.22. The van der Waals surface area contributed by atoms with Gasteiger partial charge in [-0.15, -0.1) is 0 Å². The van der Waals surface area contributed by atoms with Crippen molar-refractivity contribution in [3.63, 3.8) is 0 Å². The Hall–Kier alpha value is -1.13. The average molecular weight is 224 g/mol. The molecule has 0 radical (unpaired) electrons. The summed E-state index contributed by atoms with van der Waals surface area (Å²) in [6.07, 6.45) is 0. The maximum Gasteiger partial charge on any atom is 0.123 e. The lowest BCUT2D eigenvalue weighted by atomic mass is 10.1. The molecular formula is C12H17FN2O. The first-order chi connectivity index (χ1) is 7.81. The molecule has 0 aliphatic carbocycles. The van der Waals surface area contributed by atoms with E-state index >= 15 is 0 Å². The van der Waals surface area contributed by atoms with Crippen LogP contribution in [0.15, 0.2) is 18.2 Å². The molecule has 3 nitrogen and oxygen atoms in total. The van der Waals surface area contributed by atoms with E-state index in [1.54, 1.807) is 6.07 Å². The molecule has 1 aromatic carbocycles. The van der Waals surface area contributed by atoms with Crippen LogP contribution in [-0.4, -0.2) is 33.4 Å². The summed E-state index contributed by atoms with van der Waals surface area (Å²) >= 11 is 0. The molecule has 0 spiro atoms. The van der Waals surface area contributed by atoms with Gasteiger partial charge in [-0.25, -0.2) is 4.39 Å². The lowest BCUT2D eigenvalue weighted by Gasteiger charge is -2.30. The lowest BCUT2D eigenvalue weighted by molar-refractivity contribution is 0.122. The van der Waals surface area contributed by atoms with Crippen LogP contribution in [0.2, 0.25) is 0 Å². The molecule has 4 heteroatoms. The Bertz CT molecular complexity index is 351. The Labute approximate surface area is 95.2 Å². The molecule has 0 bridgehead atoms. The summed E-state index contributed by atoms with van der Waals surface area (Å²) in [5.74, 6) is -0.178. The molecule has 0 atom stereocenters. The van der Waals surface area contributed by atoms with E-state index in [0.717, 1.165) is 37.6 Å². The second-order valence-corrected chi connectivity index (χ2v) is 3.90. The minimum Gasteiger partial charge on any atom is -0.378 e. The summed E-state index contributed by atoms with van der Waals surface area (Å²) in [5.41, 5.74) is 2.11. The number of hydrogen-bond acceptors (Lipinski definition) is 3. The molecule has 1 heterocycles. The molecule has 16 heavy (non-hydrogen) atoms. The summed E-state index contributed by atoms with van der Waals surface area (Å²) in [5, 5.41) is 3.07. The van der Waals surface area contributed by atoms with Crippen LogP contribution in [0.5, 0.6) is 0 Å². The standard InChI is InChI=1S/C12H17FN2O/c1-14-9-10-8-11(13)2-3-12(10)15-4-6-16-7-5-15/h2-3,8,14H,4-7,9H2,1H3. The van der Waals surface area contributed by atoms with Gasteiger partial charge in [0.2, 0.25) is 0 Å². The molecular weight excluding hydrogens is 207 g/mol. The van der Waals surface area contributed by atoms with Crippen molar-refractivity contribution < 1.29 is 9.13 Å². The number of benzene rings is 1.